The highest BCUT2D eigenvalue weighted by Crippen LogP contribution is 2.22. The molecule has 0 spiro atoms. The number of fused-ring (bicyclic) bond motifs is 1. The van der Waals surface area contributed by atoms with E-state index in [-0.39, 0.29) is 24.8 Å². The third-order valence-corrected chi connectivity index (χ3v) is 3.13. The van der Waals surface area contributed by atoms with Crippen molar-refractivity contribution in [3.8, 4) is 0 Å². The molecule has 2 aliphatic rings. The van der Waals surface area contributed by atoms with E-state index >= 15 is 0 Å². The van der Waals surface area contributed by atoms with Gasteiger partial charge in [-0.1, -0.05) is 0 Å². The van der Waals surface area contributed by atoms with E-state index in [4.69, 9.17) is 5.11 Å². The number of aliphatic hydroxyl groups excluding tert-OH is 1. The minimum atomic E-state index is 0. The van der Waals surface area contributed by atoms with Crippen LogP contribution in [0.1, 0.15) is 12.8 Å². The summed E-state index contributed by atoms with van der Waals surface area (Å²) in [5.74, 6) is 0.541. The third-order valence-electron chi connectivity index (χ3n) is 3.13. The first kappa shape index (κ1) is 14.5. The Balaban J connectivity index is 0.000000845. The van der Waals surface area contributed by atoms with Crippen LogP contribution in [0.5, 0.6) is 0 Å². The topological polar surface area (TPSA) is 35.5 Å². The largest absolute Gasteiger partial charge is 0.396 e. The van der Waals surface area contributed by atoms with Gasteiger partial charge in [0, 0.05) is 38.8 Å². The van der Waals surface area contributed by atoms with Crippen molar-refractivity contribution >= 4 is 24.8 Å². The Kier molecular flexibility index (Phi) is 7.08. The molecule has 0 saturated carbocycles. The molecule has 2 fully saturated rings. The number of hydrogen-bond acceptors (Lipinski definition) is 3. The molecule has 1 unspecified atom stereocenters. The van der Waals surface area contributed by atoms with E-state index in [1.807, 2.05) is 0 Å². The maximum atomic E-state index is 9.04. The predicted octanol–water partition coefficient (Wildman–Crippen LogP) is 0.506. The maximum Gasteiger partial charge on any atom is 0.0471 e. The van der Waals surface area contributed by atoms with Crippen LogP contribution in [0.25, 0.3) is 0 Å². The highest BCUT2D eigenvalue weighted by atomic mass is 35.5. The van der Waals surface area contributed by atoms with Crippen LogP contribution in [-0.2, 0) is 0 Å². The van der Waals surface area contributed by atoms with Gasteiger partial charge in [-0.2, -0.15) is 0 Å². The van der Waals surface area contributed by atoms with Gasteiger partial charge in [0.1, 0.15) is 0 Å². The molecule has 86 valence electrons. The van der Waals surface area contributed by atoms with Gasteiger partial charge < -0.3 is 10.4 Å². The van der Waals surface area contributed by atoms with Crippen molar-refractivity contribution in [1.29, 1.82) is 0 Å². The molecule has 0 bridgehead atoms. The molecule has 5 heteroatoms. The molecular weight excluding hydrogens is 223 g/mol. The lowest BCUT2D eigenvalue weighted by Crippen LogP contribution is -2.55. The lowest BCUT2D eigenvalue weighted by Gasteiger charge is -2.42. The van der Waals surface area contributed by atoms with E-state index in [0.717, 1.165) is 25.7 Å². The lowest BCUT2D eigenvalue weighted by atomic mass is 9.92. The fourth-order valence-electron chi connectivity index (χ4n) is 2.33. The van der Waals surface area contributed by atoms with E-state index in [1.165, 1.54) is 19.4 Å². The van der Waals surface area contributed by atoms with E-state index in [1.54, 1.807) is 0 Å². The number of nitrogens with zero attached hydrogens (tertiary/aromatic N) is 1. The smallest absolute Gasteiger partial charge is 0.0471 e. The molecule has 3 nitrogen and oxygen atoms in total. The molecule has 2 atom stereocenters. The zero-order chi connectivity index (χ0) is 8.39. The van der Waals surface area contributed by atoms with E-state index in [2.05, 4.69) is 10.2 Å². The monoisotopic (exact) mass is 242 g/mol. The van der Waals surface area contributed by atoms with Crippen LogP contribution in [0, 0.1) is 5.92 Å². The first-order valence-corrected chi connectivity index (χ1v) is 4.96. The number of halogens is 2. The Bertz CT molecular complexity index is 160. The Hall–Kier alpha value is 0.460. The molecule has 14 heavy (non-hydrogen) atoms. The predicted molar refractivity (Wildman–Crippen MR) is 62.5 cm³/mol. The average molecular weight is 243 g/mol. The molecule has 2 saturated heterocycles. The van der Waals surface area contributed by atoms with Crippen LogP contribution < -0.4 is 5.32 Å². The molecule has 0 aliphatic carbocycles. The van der Waals surface area contributed by atoms with Crippen molar-refractivity contribution < 1.29 is 5.11 Å². The normalized spacial score (nSPS) is 32.4. The van der Waals surface area contributed by atoms with Crippen molar-refractivity contribution in [2.24, 2.45) is 5.92 Å². The summed E-state index contributed by atoms with van der Waals surface area (Å²) in [5.41, 5.74) is 0. The first-order chi connectivity index (χ1) is 5.90. The highest BCUT2D eigenvalue weighted by molar-refractivity contribution is 5.85. The number of rotatable bonds is 1. The Morgan fingerprint density at radius 3 is 2.79 bits per heavy atom. The number of hydrogen-bond donors (Lipinski definition) is 2. The summed E-state index contributed by atoms with van der Waals surface area (Å²) in [4.78, 5) is 2.53. The molecule has 2 rings (SSSR count). The van der Waals surface area contributed by atoms with Crippen molar-refractivity contribution in [2.75, 3.05) is 32.8 Å². The summed E-state index contributed by atoms with van der Waals surface area (Å²) >= 11 is 0. The minimum Gasteiger partial charge on any atom is -0.396 e. The van der Waals surface area contributed by atoms with Crippen LogP contribution in [0.2, 0.25) is 0 Å². The van der Waals surface area contributed by atoms with Gasteiger partial charge in [0.2, 0.25) is 0 Å². The van der Waals surface area contributed by atoms with Gasteiger partial charge in [-0.05, 0) is 18.8 Å². The van der Waals surface area contributed by atoms with Crippen LogP contribution >= 0.6 is 24.8 Å². The molecule has 2 aliphatic heterocycles. The van der Waals surface area contributed by atoms with Crippen molar-refractivity contribution in [2.45, 2.75) is 18.9 Å². The second-order valence-corrected chi connectivity index (χ2v) is 3.98. The molecule has 0 radical (unpaired) electrons. The van der Waals surface area contributed by atoms with Crippen molar-refractivity contribution in [3.63, 3.8) is 0 Å². The standard InChI is InChI=1S/C9H18N2O.2ClH/c12-7-8-1-2-9-5-10-3-4-11(9)6-8;;/h8-10,12H,1-7H2;2*1H/t8-,9?;;/m1../s1. The number of nitrogens with one attached hydrogen (secondary N) is 1. The van der Waals surface area contributed by atoms with Crippen molar-refractivity contribution in [1.82, 2.24) is 10.2 Å². The van der Waals surface area contributed by atoms with E-state index in [9.17, 15) is 0 Å². The number of piperidine rings is 1. The van der Waals surface area contributed by atoms with E-state index in [0.29, 0.717) is 12.5 Å². The molecule has 0 aromatic carbocycles. The summed E-state index contributed by atoms with van der Waals surface area (Å²) in [6.07, 6.45) is 2.47. The lowest BCUT2D eigenvalue weighted by molar-refractivity contribution is 0.0599. The SMILES string of the molecule is Cl.Cl.OC[C@@H]1CCC2CNCCN2C1. The van der Waals surface area contributed by atoms with Gasteiger partial charge in [0.15, 0.2) is 0 Å². The van der Waals surface area contributed by atoms with Gasteiger partial charge in [0.25, 0.3) is 0 Å². The van der Waals surface area contributed by atoms with Crippen molar-refractivity contribution in [3.05, 3.63) is 0 Å². The van der Waals surface area contributed by atoms with Crippen LogP contribution in [0.15, 0.2) is 0 Å². The van der Waals surface area contributed by atoms with Gasteiger partial charge in [-0.15, -0.1) is 24.8 Å². The first-order valence-electron chi connectivity index (χ1n) is 4.96. The summed E-state index contributed by atoms with van der Waals surface area (Å²) < 4.78 is 0. The molecule has 0 aromatic rings. The van der Waals surface area contributed by atoms with Crippen LogP contribution in [-0.4, -0.2) is 48.8 Å². The average Bonchev–Trinajstić information content (AvgIpc) is 2.17. The second-order valence-electron chi connectivity index (χ2n) is 3.98. The summed E-state index contributed by atoms with van der Waals surface area (Å²) in [6, 6.07) is 0.751. The second kappa shape index (κ2) is 6.85. The van der Waals surface area contributed by atoms with Gasteiger partial charge in [0.05, 0.1) is 0 Å². The molecule has 2 heterocycles. The summed E-state index contributed by atoms with van der Waals surface area (Å²) in [7, 11) is 0. The molecular formula is C9H20Cl2N2O. The third kappa shape index (κ3) is 3.24. The fourth-order valence-corrected chi connectivity index (χ4v) is 2.33. The Labute approximate surface area is 98.1 Å². The quantitative estimate of drug-likeness (QED) is 0.704. The zero-order valence-electron chi connectivity index (χ0n) is 8.32. The summed E-state index contributed by atoms with van der Waals surface area (Å²) in [5, 5.41) is 12.5. The number of piperazine rings is 1. The molecule has 0 aromatic heterocycles. The van der Waals surface area contributed by atoms with Gasteiger partial charge in [-0.3, -0.25) is 4.90 Å². The van der Waals surface area contributed by atoms with Gasteiger partial charge in [-0.25, -0.2) is 0 Å². The van der Waals surface area contributed by atoms with Gasteiger partial charge >= 0.3 is 0 Å². The molecule has 2 N–H and O–H groups in total. The highest BCUT2D eigenvalue weighted by Gasteiger charge is 2.29. The number of aliphatic hydroxyl groups is 1. The minimum absolute atomic E-state index is 0. The maximum absolute atomic E-state index is 9.04. The molecule has 0 amide bonds. The Morgan fingerprint density at radius 2 is 2.07 bits per heavy atom. The van der Waals surface area contributed by atoms with Crippen LogP contribution in [0.3, 0.4) is 0 Å². The van der Waals surface area contributed by atoms with Crippen LogP contribution in [0.4, 0.5) is 0 Å². The zero-order valence-corrected chi connectivity index (χ0v) is 9.95. The fraction of sp³-hybridized carbons (Fsp3) is 1.00. The Morgan fingerprint density at radius 1 is 1.29 bits per heavy atom. The van der Waals surface area contributed by atoms with E-state index < -0.39 is 0 Å². The summed E-state index contributed by atoms with van der Waals surface area (Å²) in [6.45, 7) is 4.92.